The minimum Gasteiger partial charge on any atom is -0.371 e. The second-order valence-electron chi connectivity index (χ2n) is 4.07. The van der Waals surface area contributed by atoms with Crippen LogP contribution in [0.2, 0.25) is 0 Å². The molecular weight excluding hydrogens is 204 g/mol. The van der Waals surface area contributed by atoms with Crippen LogP contribution in [-0.4, -0.2) is 16.7 Å². The van der Waals surface area contributed by atoms with Gasteiger partial charge in [-0.25, -0.2) is 0 Å². The molecule has 1 aliphatic rings. The van der Waals surface area contributed by atoms with E-state index in [1.165, 1.54) is 0 Å². The Labute approximate surface area is 95.7 Å². The summed E-state index contributed by atoms with van der Waals surface area (Å²) < 4.78 is 10.7. The molecule has 4 heteroatoms. The predicted molar refractivity (Wildman–Crippen MR) is 60.1 cm³/mol. The van der Waals surface area contributed by atoms with Gasteiger partial charge >= 0.3 is 0 Å². The van der Waals surface area contributed by atoms with Gasteiger partial charge in [0.05, 0.1) is 0 Å². The topological polar surface area (TPSA) is 48.2 Å². The van der Waals surface area contributed by atoms with Gasteiger partial charge in [0, 0.05) is 12.5 Å². The number of aromatic nitrogens is 2. The molecule has 0 N–H and O–H groups in total. The number of nitrogens with zero attached hydrogens (tertiary/aromatic N) is 2. The third-order valence-corrected chi connectivity index (χ3v) is 2.86. The zero-order chi connectivity index (χ0) is 11.4. The summed E-state index contributed by atoms with van der Waals surface area (Å²) in [6.07, 6.45) is 7.51. The number of allylic oxidation sites excluding steroid dienone is 2. The van der Waals surface area contributed by atoms with E-state index in [1.807, 2.05) is 13.8 Å². The Bertz CT molecular complexity index is 360. The summed E-state index contributed by atoms with van der Waals surface area (Å²) in [5.74, 6) is 1.80. The van der Waals surface area contributed by atoms with Crippen molar-refractivity contribution < 1.29 is 9.26 Å². The van der Waals surface area contributed by atoms with Crippen LogP contribution >= 0.6 is 0 Å². The summed E-state index contributed by atoms with van der Waals surface area (Å²) in [4.78, 5) is 4.42. The Morgan fingerprint density at radius 1 is 1.56 bits per heavy atom. The second kappa shape index (κ2) is 5.25. The molecule has 88 valence electrons. The minimum atomic E-state index is -0.0818. The minimum absolute atomic E-state index is 0.0818. The Morgan fingerprint density at radius 3 is 3.12 bits per heavy atom. The second-order valence-corrected chi connectivity index (χ2v) is 4.07. The van der Waals surface area contributed by atoms with Crippen molar-refractivity contribution in [3.8, 4) is 0 Å². The number of rotatable bonds is 4. The van der Waals surface area contributed by atoms with Crippen LogP contribution in [0.15, 0.2) is 16.7 Å². The molecule has 1 heterocycles. The molecule has 0 bridgehead atoms. The molecule has 1 aromatic heterocycles. The fourth-order valence-electron chi connectivity index (χ4n) is 1.92. The molecule has 0 unspecified atom stereocenters. The molecule has 4 nitrogen and oxygen atoms in total. The fourth-order valence-corrected chi connectivity index (χ4v) is 1.92. The number of hydrogen-bond donors (Lipinski definition) is 0. The molecule has 16 heavy (non-hydrogen) atoms. The zero-order valence-electron chi connectivity index (χ0n) is 9.85. The average Bonchev–Trinajstić information content (AvgIpc) is 2.80. The van der Waals surface area contributed by atoms with E-state index < -0.39 is 0 Å². The molecule has 0 saturated carbocycles. The van der Waals surface area contributed by atoms with E-state index in [4.69, 9.17) is 9.26 Å². The van der Waals surface area contributed by atoms with Crippen molar-refractivity contribution in [2.24, 2.45) is 0 Å². The van der Waals surface area contributed by atoms with Gasteiger partial charge in [0.1, 0.15) is 6.10 Å². The van der Waals surface area contributed by atoms with Crippen LogP contribution in [0, 0.1) is 0 Å². The Hall–Kier alpha value is -1.16. The van der Waals surface area contributed by atoms with E-state index in [2.05, 4.69) is 22.3 Å². The van der Waals surface area contributed by atoms with E-state index in [0.29, 0.717) is 18.3 Å². The van der Waals surface area contributed by atoms with Crippen molar-refractivity contribution in [1.29, 1.82) is 0 Å². The van der Waals surface area contributed by atoms with Gasteiger partial charge in [-0.3, -0.25) is 0 Å². The van der Waals surface area contributed by atoms with Crippen molar-refractivity contribution >= 4 is 0 Å². The first-order valence-electron chi connectivity index (χ1n) is 5.91. The van der Waals surface area contributed by atoms with E-state index >= 15 is 0 Å². The standard InChI is InChI=1S/C12H18N2O2/c1-3-15-9(2)11-13-12(16-14-11)10-7-5-4-6-8-10/h4-5,9-10H,3,6-8H2,1-2H3/t9-,10-/m0/s1. The number of hydrogen-bond acceptors (Lipinski definition) is 4. The van der Waals surface area contributed by atoms with Crippen molar-refractivity contribution in [1.82, 2.24) is 10.1 Å². The lowest BCUT2D eigenvalue weighted by molar-refractivity contribution is 0.0683. The lowest BCUT2D eigenvalue weighted by atomic mass is 9.94. The highest BCUT2D eigenvalue weighted by Crippen LogP contribution is 2.28. The van der Waals surface area contributed by atoms with Gasteiger partial charge in [0.2, 0.25) is 5.89 Å². The first-order chi connectivity index (χ1) is 7.81. The highest BCUT2D eigenvalue weighted by molar-refractivity contribution is 5.03. The molecule has 2 rings (SSSR count). The van der Waals surface area contributed by atoms with Crippen LogP contribution in [0.4, 0.5) is 0 Å². The molecule has 0 fully saturated rings. The molecule has 1 aliphatic carbocycles. The van der Waals surface area contributed by atoms with Crippen molar-refractivity contribution in [3.05, 3.63) is 23.9 Å². The molecule has 1 aromatic rings. The molecule has 0 saturated heterocycles. The maximum Gasteiger partial charge on any atom is 0.230 e. The van der Waals surface area contributed by atoms with Gasteiger partial charge in [-0.05, 0) is 33.1 Å². The highest BCUT2D eigenvalue weighted by Gasteiger charge is 2.21. The van der Waals surface area contributed by atoms with E-state index in [1.54, 1.807) is 0 Å². The fraction of sp³-hybridized carbons (Fsp3) is 0.667. The Balaban J connectivity index is 2.03. The molecule has 0 radical (unpaired) electrons. The third kappa shape index (κ3) is 2.50. The Morgan fingerprint density at radius 2 is 2.44 bits per heavy atom. The average molecular weight is 222 g/mol. The summed E-state index contributed by atoms with van der Waals surface area (Å²) in [5, 5.41) is 3.97. The summed E-state index contributed by atoms with van der Waals surface area (Å²) in [7, 11) is 0. The largest absolute Gasteiger partial charge is 0.371 e. The van der Waals surface area contributed by atoms with Gasteiger partial charge in [0.25, 0.3) is 0 Å². The van der Waals surface area contributed by atoms with E-state index in [9.17, 15) is 0 Å². The van der Waals surface area contributed by atoms with Crippen LogP contribution in [0.1, 0.15) is 56.8 Å². The lowest BCUT2D eigenvalue weighted by Crippen LogP contribution is -2.04. The number of ether oxygens (including phenoxy) is 1. The molecule has 0 amide bonds. The van der Waals surface area contributed by atoms with Crippen LogP contribution in [0.5, 0.6) is 0 Å². The van der Waals surface area contributed by atoms with Crippen molar-refractivity contribution in [2.75, 3.05) is 6.61 Å². The maximum absolute atomic E-state index is 5.43. The van der Waals surface area contributed by atoms with Gasteiger partial charge in [-0.2, -0.15) is 4.98 Å². The first kappa shape index (κ1) is 11.3. The Kier molecular flexibility index (Phi) is 3.72. The van der Waals surface area contributed by atoms with Crippen LogP contribution < -0.4 is 0 Å². The molecule has 0 spiro atoms. The third-order valence-electron chi connectivity index (χ3n) is 2.86. The molecule has 0 aromatic carbocycles. The smallest absolute Gasteiger partial charge is 0.230 e. The molecular formula is C12H18N2O2. The quantitative estimate of drug-likeness (QED) is 0.735. The SMILES string of the molecule is CCO[C@@H](C)c1noc([C@H]2CC=CCC2)n1. The van der Waals surface area contributed by atoms with Gasteiger partial charge < -0.3 is 9.26 Å². The van der Waals surface area contributed by atoms with E-state index in [-0.39, 0.29) is 6.10 Å². The normalized spacial score (nSPS) is 22.2. The highest BCUT2D eigenvalue weighted by atomic mass is 16.5. The summed E-state index contributed by atoms with van der Waals surface area (Å²) in [5.41, 5.74) is 0. The predicted octanol–water partition coefficient (Wildman–Crippen LogP) is 2.99. The van der Waals surface area contributed by atoms with Gasteiger partial charge in [-0.1, -0.05) is 17.3 Å². The first-order valence-corrected chi connectivity index (χ1v) is 5.91. The maximum atomic E-state index is 5.43. The van der Waals surface area contributed by atoms with E-state index in [0.717, 1.165) is 25.2 Å². The zero-order valence-corrected chi connectivity index (χ0v) is 9.85. The van der Waals surface area contributed by atoms with Crippen LogP contribution in [0.25, 0.3) is 0 Å². The van der Waals surface area contributed by atoms with Gasteiger partial charge in [-0.15, -0.1) is 0 Å². The summed E-state index contributed by atoms with van der Waals surface area (Å²) in [6, 6.07) is 0. The van der Waals surface area contributed by atoms with Crippen LogP contribution in [0.3, 0.4) is 0 Å². The molecule has 2 atom stereocenters. The van der Waals surface area contributed by atoms with Gasteiger partial charge in [0.15, 0.2) is 5.82 Å². The summed E-state index contributed by atoms with van der Waals surface area (Å²) >= 11 is 0. The van der Waals surface area contributed by atoms with Crippen LogP contribution in [-0.2, 0) is 4.74 Å². The van der Waals surface area contributed by atoms with Crippen molar-refractivity contribution in [3.63, 3.8) is 0 Å². The van der Waals surface area contributed by atoms with Crippen molar-refractivity contribution in [2.45, 2.75) is 45.1 Å². The lowest BCUT2D eigenvalue weighted by Gasteiger charge is -2.12. The monoisotopic (exact) mass is 222 g/mol. The molecule has 0 aliphatic heterocycles. The summed E-state index contributed by atoms with van der Waals surface area (Å²) in [6.45, 7) is 4.57.